The molecule has 0 saturated carbocycles. The highest BCUT2D eigenvalue weighted by Gasteiger charge is 2.08. The van der Waals surface area contributed by atoms with E-state index in [1.54, 1.807) is 12.5 Å². The Morgan fingerprint density at radius 1 is 1.53 bits per heavy atom. The van der Waals surface area contributed by atoms with E-state index in [2.05, 4.69) is 20.3 Å². The SMILES string of the molecule is Cc1nc(NC(=O)CCc2cnc[nH]2)sc1C. The van der Waals surface area contributed by atoms with Crippen molar-refractivity contribution in [3.63, 3.8) is 0 Å². The number of aryl methyl sites for hydroxylation is 3. The van der Waals surface area contributed by atoms with Crippen molar-refractivity contribution in [1.82, 2.24) is 15.0 Å². The summed E-state index contributed by atoms with van der Waals surface area (Å²) in [4.78, 5) is 23.9. The highest BCUT2D eigenvalue weighted by molar-refractivity contribution is 7.15. The van der Waals surface area contributed by atoms with Gasteiger partial charge < -0.3 is 10.3 Å². The summed E-state index contributed by atoms with van der Waals surface area (Å²) in [6.07, 6.45) is 4.43. The highest BCUT2D eigenvalue weighted by Crippen LogP contribution is 2.21. The summed E-state index contributed by atoms with van der Waals surface area (Å²) in [5.41, 5.74) is 1.94. The lowest BCUT2D eigenvalue weighted by atomic mass is 10.2. The van der Waals surface area contributed by atoms with E-state index >= 15 is 0 Å². The minimum atomic E-state index is -0.0200. The Hall–Kier alpha value is -1.69. The summed E-state index contributed by atoms with van der Waals surface area (Å²) >= 11 is 1.50. The number of nitrogens with zero attached hydrogens (tertiary/aromatic N) is 2. The third kappa shape index (κ3) is 3.13. The maximum Gasteiger partial charge on any atom is 0.226 e. The second-order valence-corrected chi connectivity index (χ2v) is 4.99. The molecular formula is C11H14N4OS. The number of imidazole rings is 1. The standard InChI is InChI=1S/C11H14N4OS/c1-7-8(2)17-11(14-7)15-10(16)4-3-9-5-12-6-13-9/h5-6H,3-4H2,1-2H3,(H,12,13)(H,14,15,16). The zero-order valence-electron chi connectivity index (χ0n) is 9.78. The number of carbonyl (C=O) groups excluding carboxylic acids is 1. The summed E-state index contributed by atoms with van der Waals surface area (Å²) < 4.78 is 0. The molecule has 6 heteroatoms. The maximum absolute atomic E-state index is 11.6. The van der Waals surface area contributed by atoms with E-state index in [-0.39, 0.29) is 5.91 Å². The van der Waals surface area contributed by atoms with Crippen molar-refractivity contribution in [3.8, 4) is 0 Å². The second-order valence-electron chi connectivity index (χ2n) is 3.79. The van der Waals surface area contributed by atoms with Gasteiger partial charge in [-0.1, -0.05) is 0 Å². The molecule has 2 rings (SSSR count). The van der Waals surface area contributed by atoms with Gasteiger partial charge >= 0.3 is 0 Å². The minimum absolute atomic E-state index is 0.0200. The van der Waals surface area contributed by atoms with Crippen LogP contribution in [-0.2, 0) is 11.2 Å². The molecule has 2 N–H and O–H groups in total. The topological polar surface area (TPSA) is 70.7 Å². The molecule has 0 unspecified atom stereocenters. The van der Waals surface area contributed by atoms with Crippen LogP contribution in [0.1, 0.15) is 22.7 Å². The predicted molar refractivity (Wildman–Crippen MR) is 67.1 cm³/mol. The third-order valence-electron chi connectivity index (χ3n) is 2.45. The molecule has 2 heterocycles. The van der Waals surface area contributed by atoms with Crippen LogP contribution in [0.15, 0.2) is 12.5 Å². The molecule has 0 bridgehead atoms. The Kier molecular flexibility index (Phi) is 3.53. The molecule has 0 atom stereocenters. The molecule has 0 aliphatic heterocycles. The first-order chi connectivity index (χ1) is 8.15. The first-order valence-electron chi connectivity index (χ1n) is 5.36. The molecule has 1 amide bonds. The van der Waals surface area contributed by atoms with Gasteiger partial charge in [-0.15, -0.1) is 11.3 Å². The number of thiazole rings is 1. The summed E-state index contributed by atoms with van der Waals surface area (Å²) in [6.45, 7) is 3.93. The van der Waals surface area contributed by atoms with Gasteiger partial charge in [0.05, 0.1) is 12.0 Å². The lowest BCUT2D eigenvalue weighted by Crippen LogP contribution is -2.12. The van der Waals surface area contributed by atoms with Crippen LogP contribution in [0.2, 0.25) is 0 Å². The normalized spacial score (nSPS) is 10.5. The minimum Gasteiger partial charge on any atom is -0.348 e. The van der Waals surface area contributed by atoms with Gasteiger partial charge in [-0.25, -0.2) is 9.97 Å². The quantitative estimate of drug-likeness (QED) is 0.872. The summed E-state index contributed by atoms with van der Waals surface area (Å²) in [5.74, 6) is -0.0200. The van der Waals surface area contributed by atoms with Crippen molar-refractivity contribution < 1.29 is 4.79 Å². The van der Waals surface area contributed by atoms with E-state index in [4.69, 9.17) is 0 Å². The Morgan fingerprint density at radius 3 is 2.94 bits per heavy atom. The van der Waals surface area contributed by atoms with Crippen LogP contribution < -0.4 is 5.32 Å². The molecule has 0 saturated heterocycles. The number of hydrogen-bond donors (Lipinski definition) is 2. The molecule has 0 aliphatic rings. The Labute approximate surface area is 103 Å². The molecule has 17 heavy (non-hydrogen) atoms. The lowest BCUT2D eigenvalue weighted by Gasteiger charge is -1.99. The van der Waals surface area contributed by atoms with Crippen LogP contribution >= 0.6 is 11.3 Å². The average Bonchev–Trinajstić information content (AvgIpc) is 2.87. The maximum atomic E-state index is 11.6. The predicted octanol–water partition coefficient (Wildman–Crippen LogP) is 2.05. The second kappa shape index (κ2) is 5.09. The number of H-pyrrole nitrogens is 1. The van der Waals surface area contributed by atoms with Gasteiger partial charge in [0.25, 0.3) is 0 Å². The van der Waals surface area contributed by atoms with Crippen molar-refractivity contribution in [2.75, 3.05) is 5.32 Å². The smallest absolute Gasteiger partial charge is 0.226 e. The fourth-order valence-electron chi connectivity index (χ4n) is 1.38. The van der Waals surface area contributed by atoms with Gasteiger partial charge in [0.15, 0.2) is 5.13 Å². The zero-order chi connectivity index (χ0) is 12.3. The van der Waals surface area contributed by atoms with Gasteiger partial charge in [-0.2, -0.15) is 0 Å². The van der Waals surface area contributed by atoms with Gasteiger partial charge in [0.1, 0.15) is 0 Å². The van der Waals surface area contributed by atoms with E-state index in [0.717, 1.165) is 16.3 Å². The van der Waals surface area contributed by atoms with E-state index in [0.29, 0.717) is 18.0 Å². The number of amides is 1. The number of carbonyl (C=O) groups is 1. The average molecular weight is 250 g/mol. The fraction of sp³-hybridized carbons (Fsp3) is 0.364. The van der Waals surface area contributed by atoms with E-state index in [9.17, 15) is 4.79 Å². The first-order valence-corrected chi connectivity index (χ1v) is 6.18. The fourth-order valence-corrected chi connectivity index (χ4v) is 2.21. The summed E-state index contributed by atoms with van der Waals surface area (Å²) in [5, 5.41) is 3.48. The molecule has 2 aromatic rings. The number of hydrogen-bond acceptors (Lipinski definition) is 4. The van der Waals surface area contributed by atoms with E-state index in [1.807, 2.05) is 13.8 Å². The van der Waals surface area contributed by atoms with E-state index in [1.165, 1.54) is 11.3 Å². The third-order valence-corrected chi connectivity index (χ3v) is 3.44. The number of aromatic nitrogens is 3. The summed E-state index contributed by atoms with van der Waals surface area (Å²) in [7, 11) is 0. The van der Waals surface area contributed by atoms with Gasteiger partial charge in [0, 0.05) is 23.2 Å². The largest absolute Gasteiger partial charge is 0.348 e. The molecule has 0 aliphatic carbocycles. The Morgan fingerprint density at radius 2 is 2.35 bits per heavy atom. The summed E-state index contributed by atoms with van der Waals surface area (Å²) in [6, 6.07) is 0. The lowest BCUT2D eigenvalue weighted by molar-refractivity contribution is -0.116. The van der Waals surface area contributed by atoms with Crippen LogP contribution in [0, 0.1) is 13.8 Å². The molecular weight excluding hydrogens is 236 g/mol. The van der Waals surface area contributed by atoms with Crippen LogP contribution in [-0.4, -0.2) is 20.9 Å². The van der Waals surface area contributed by atoms with Gasteiger partial charge in [-0.05, 0) is 20.3 Å². The van der Waals surface area contributed by atoms with Gasteiger partial charge in [0.2, 0.25) is 5.91 Å². The number of rotatable bonds is 4. The van der Waals surface area contributed by atoms with Crippen LogP contribution in [0.4, 0.5) is 5.13 Å². The van der Waals surface area contributed by atoms with Crippen molar-refractivity contribution in [1.29, 1.82) is 0 Å². The van der Waals surface area contributed by atoms with Gasteiger partial charge in [-0.3, -0.25) is 4.79 Å². The van der Waals surface area contributed by atoms with Crippen molar-refractivity contribution in [2.24, 2.45) is 0 Å². The molecule has 5 nitrogen and oxygen atoms in total. The first kappa shape index (κ1) is 11.8. The molecule has 0 spiro atoms. The molecule has 0 radical (unpaired) electrons. The Bertz CT molecular complexity index is 484. The van der Waals surface area contributed by atoms with Crippen LogP contribution in [0.5, 0.6) is 0 Å². The van der Waals surface area contributed by atoms with Crippen molar-refractivity contribution in [3.05, 3.63) is 28.8 Å². The monoisotopic (exact) mass is 250 g/mol. The van der Waals surface area contributed by atoms with Crippen molar-refractivity contribution >= 4 is 22.4 Å². The number of aromatic amines is 1. The molecule has 0 aromatic carbocycles. The number of nitrogens with one attached hydrogen (secondary N) is 2. The van der Waals surface area contributed by atoms with Crippen LogP contribution in [0.3, 0.4) is 0 Å². The van der Waals surface area contributed by atoms with Crippen LogP contribution in [0.25, 0.3) is 0 Å². The highest BCUT2D eigenvalue weighted by atomic mass is 32.1. The van der Waals surface area contributed by atoms with Crippen molar-refractivity contribution in [2.45, 2.75) is 26.7 Å². The molecule has 90 valence electrons. The molecule has 0 fully saturated rings. The Balaban J connectivity index is 1.85. The molecule has 2 aromatic heterocycles. The zero-order valence-corrected chi connectivity index (χ0v) is 10.6. The van der Waals surface area contributed by atoms with E-state index < -0.39 is 0 Å². The number of anilines is 1.